The molecule has 0 aliphatic heterocycles. The van der Waals surface area contributed by atoms with Gasteiger partial charge < -0.3 is 4.52 Å². The van der Waals surface area contributed by atoms with E-state index in [2.05, 4.69) is 17.3 Å². The smallest absolute Gasteiger partial charge is 0.170 e. The summed E-state index contributed by atoms with van der Waals surface area (Å²) in [6, 6.07) is 8.22. The number of hydrogen-bond donors (Lipinski definition) is 0. The van der Waals surface area contributed by atoms with Crippen molar-refractivity contribution in [2.45, 2.75) is 12.3 Å². The standard InChI is InChI=1S/C11H8ClNO/c12-6-10-9-5-7-3-1-2-4-8(7)11(9)14-13-10/h1-4H,5-6H2. The van der Waals surface area contributed by atoms with Crippen molar-refractivity contribution < 1.29 is 4.52 Å². The van der Waals surface area contributed by atoms with Crippen LogP contribution >= 0.6 is 11.6 Å². The quantitative estimate of drug-likeness (QED) is 0.571. The zero-order chi connectivity index (χ0) is 9.54. The fraction of sp³-hybridized carbons (Fsp3) is 0.182. The molecule has 0 radical (unpaired) electrons. The summed E-state index contributed by atoms with van der Waals surface area (Å²) in [5, 5.41) is 3.95. The van der Waals surface area contributed by atoms with Crippen molar-refractivity contribution in [2.75, 3.05) is 0 Å². The van der Waals surface area contributed by atoms with Crippen LogP contribution in [-0.2, 0) is 12.3 Å². The number of alkyl halides is 1. The van der Waals surface area contributed by atoms with E-state index < -0.39 is 0 Å². The third-order valence-corrected chi connectivity index (χ3v) is 2.88. The molecule has 0 atom stereocenters. The maximum absolute atomic E-state index is 5.77. The van der Waals surface area contributed by atoms with Gasteiger partial charge in [0.05, 0.1) is 5.88 Å². The van der Waals surface area contributed by atoms with Gasteiger partial charge in [0.25, 0.3) is 0 Å². The lowest BCUT2D eigenvalue weighted by molar-refractivity contribution is 0.426. The van der Waals surface area contributed by atoms with Crippen LogP contribution in [0.5, 0.6) is 0 Å². The third-order valence-electron chi connectivity index (χ3n) is 2.63. The minimum Gasteiger partial charge on any atom is -0.356 e. The van der Waals surface area contributed by atoms with Crippen LogP contribution in [0, 0.1) is 0 Å². The van der Waals surface area contributed by atoms with Gasteiger partial charge >= 0.3 is 0 Å². The summed E-state index contributed by atoms with van der Waals surface area (Å²) in [5.74, 6) is 1.32. The molecule has 0 N–H and O–H groups in total. The van der Waals surface area contributed by atoms with Crippen LogP contribution in [0.3, 0.4) is 0 Å². The van der Waals surface area contributed by atoms with E-state index in [1.165, 1.54) is 5.56 Å². The number of aromatic nitrogens is 1. The van der Waals surface area contributed by atoms with Gasteiger partial charge in [-0.2, -0.15) is 0 Å². The highest BCUT2D eigenvalue weighted by Crippen LogP contribution is 2.38. The Morgan fingerprint density at radius 3 is 3.07 bits per heavy atom. The molecular weight excluding hydrogens is 198 g/mol. The Kier molecular flexibility index (Phi) is 1.64. The lowest BCUT2D eigenvalue weighted by Gasteiger charge is -1.95. The SMILES string of the molecule is ClCc1noc2c1Cc1ccccc1-2. The van der Waals surface area contributed by atoms with E-state index in [0.717, 1.165) is 29.0 Å². The highest BCUT2D eigenvalue weighted by atomic mass is 35.5. The van der Waals surface area contributed by atoms with Crippen LogP contribution in [-0.4, -0.2) is 5.16 Å². The molecular formula is C11H8ClNO. The Balaban J connectivity index is 2.23. The number of nitrogens with zero attached hydrogens (tertiary/aromatic N) is 1. The normalized spacial score (nSPS) is 12.6. The van der Waals surface area contributed by atoms with Crippen LogP contribution < -0.4 is 0 Å². The largest absolute Gasteiger partial charge is 0.356 e. The van der Waals surface area contributed by atoms with Gasteiger partial charge in [0.1, 0.15) is 5.69 Å². The molecule has 70 valence electrons. The van der Waals surface area contributed by atoms with Gasteiger partial charge in [-0.05, 0) is 5.56 Å². The van der Waals surface area contributed by atoms with Crippen LogP contribution in [0.15, 0.2) is 28.8 Å². The summed E-state index contributed by atoms with van der Waals surface area (Å²) in [4.78, 5) is 0. The van der Waals surface area contributed by atoms with Gasteiger partial charge in [-0.15, -0.1) is 11.6 Å². The minimum atomic E-state index is 0.423. The number of rotatable bonds is 1. The third kappa shape index (κ3) is 0.946. The van der Waals surface area contributed by atoms with Gasteiger partial charge in [0.2, 0.25) is 0 Å². The highest BCUT2D eigenvalue weighted by molar-refractivity contribution is 6.17. The Bertz CT molecular complexity index is 490. The van der Waals surface area contributed by atoms with Crippen molar-refractivity contribution in [1.29, 1.82) is 0 Å². The van der Waals surface area contributed by atoms with E-state index >= 15 is 0 Å². The molecule has 2 aromatic rings. The summed E-state index contributed by atoms with van der Waals surface area (Å²) < 4.78 is 5.29. The lowest BCUT2D eigenvalue weighted by Crippen LogP contribution is -1.86. The molecule has 14 heavy (non-hydrogen) atoms. The molecule has 3 heteroatoms. The van der Waals surface area contributed by atoms with Crippen molar-refractivity contribution >= 4 is 11.6 Å². The van der Waals surface area contributed by atoms with Gasteiger partial charge in [-0.3, -0.25) is 0 Å². The fourth-order valence-electron chi connectivity index (χ4n) is 1.93. The maximum Gasteiger partial charge on any atom is 0.170 e. The van der Waals surface area contributed by atoms with Gasteiger partial charge in [0, 0.05) is 17.5 Å². The lowest BCUT2D eigenvalue weighted by atomic mass is 10.1. The average Bonchev–Trinajstić information content (AvgIpc) is 2.75. The van der Waals surface area contributed by atoms with Crippen LogP contribution in [0.2, 0.25) is 0 Å². The molecule has 0 amide bonds. The molecule has 1 aliphatic rings. The first-order chi connectivity index (χ1) is 6.90. The summed E-state index contributed by atoms with van der Waals surface area (Å²) >= 11 is 5.77. The van der Waals surface area contributed by atoms with Crippen molar-refractivity contribution in [3.05, 3.63) is 41.1 Å². The first kappa shape index (κ1) is 8.06. The van der Waals surface area contributed by atoms with Crippen LogP contribution in [0.25, 0.3) is 11.3 Å². The van der Waals surface area contributed by atoms with Crippen LogP contribution in [0.1, 0.15) is 16.8 Å². The van der Waals surface area contributed by atoms with E-state index in [4.69, 9.17) is 16.1 Å². The zero-order valence-electron chi connectivity index (χ0n) is 7.46. The highest BCUT2D eigenvalue weighted by Gasteiger charge is 2.25. The van der Waals surface area contributed by atoms with Crippen molar-refractivity contribution in [2.24, 2.45) is 0 Å². The second-order valence-corrected chi connectivity index (χ2v) is 3.67. The molecule has 1 heterocycles. The number of hydrogen-bond acceptors (Lipinski definition) is 2. The van der Waals surface area contributed by atoms with E-state index in [1.54, 1.807) is 0 Å². The maximum atomic E-state index is 5.77. The van der Waals surface area contributed by atoms with E-state index in [0.29, 0.717) is 5.88 Å². The molecule has 1 aliphatic carbocycles. The monoisotopic (exact) mass is 205 g/mol. The topological polar surface area (TPSA) is 26.0 Å². The Labute approximate surface area is 86.5 Å². The van der Waals surface area contributed by atoms with Crippen molar-refractivity contribution in [1.82, 2.24) is 5.16 Å². The molecule has 1 aromatic carbocycles. The Morgan fingerprint density at radius 2 is 2.21 bits per heavy atom. The number of halogens is 1. The molecule has 0 saturated heterocycles. The van der Waals surface area contributed by atoms with Crippen LogP contribution in [0.4, 0.5) is 0 Å². The Hall–Kier alpha value is -1.28. The predicted molar refractivity (Wildman–Crippen MR) is 54.3 cm³/mol. The van der Waals surface area contributed by atoms with E-state index in [1.807, 2.05) is 12.1 Å². The second kappa shape index (κ2) is 2.85. The summed E-state index contributed by atoms with van der Waals surface area (Å²) in [7, 11) is 0. The molecule has 0 bridgehead atoms. The molecule has 0 fully saturated rings. The molecule has 0 saturated carbocycles. The van der Waals surface area contributed by atoms with E-state index in [9.17, 15) is 0 Å². The first-order valence-electron chi connectivity index (χ1n) is 4.52. The van der Waals surface area contributed by atoms with Gasteiger partial charge in [0.15, 0.2) is 5.76 Å². The molecule has 1 aromatic heterocycles. The van der Waals surface area contributed by atoms with E-state index in [-0.39, 0.29) is 0 Å². The van der Waals surface area contributed by atoms with Crippen molar-refractivity contribution in [3.8, 4) is 11.3 Å². The number of benzene rings is 1. The fourth-order valence-corrected chi connectivity index (χ4v) is 2.14. The van der Waals surface area contributed by atoms with Gasteiger partial charge in [-0.25, -0.2) is 0 Å². The minimum absolute atomic E-state index is 0.423. The summed E-state index contributed by atoms with van der Waals surface area (Å²) in [5.41, 5.74) is 4.49. The van der Waals surface area contributed by atoms with Gasteiger partial charge in [-0.1, -0.05) is 29.4 Å². The number of fused-ring (bicyclic) bond motifs is 3. The molecule has 2 nitrogen and oxygen atoms in total. The zero-order valence-corrected chi connectivity index (χ0v) is 8.21. The second-order valence-electron chi connectivity index (χ2n) is 3.40. The molecule has 0 unspecified atom stereocenters. The Morgan fingerprint density at radius 1 is 1.36 bits per heavy atom. The first-order valence-corrected chi connectivity index (χ1v) is 5.05. The molecule has 0 spiro atoms. The summed E-state index contributed by atoms with van der Waals surface area (Å²) in [6.07, 6.45) is 0.900. The summed E-state index contributed by atoms with van der Waals surface area (Å²) in [6.45, 7) is 0. The predicted octanol–water partition coefficient (Wildman–Crippen LogP) is 2.98. The van der Waals surface area contributed by atoms with Crippen molar-refractivity contribution in [3.63, 3.8) is 0 Å². The average molecular weight is 206 g/mol. The molecule has 3 rings (SSSR count).